The van der Waals surface area contributed by atoms with Crippen LogP contribution in [0.2, 0.25) is 5.02 Å². The first-order chi connectivity index (χ1) is 7.97. The molecule has 2 rings (SSSR count). The van der Waals surface area contributed by atoms with Crippen LogP contribution in [0, 0.1) is 6.92 Å². The second-order valence-electron chi connectivity index (χ2n) is 3.63. The molecule has 0 saturated heterocycles. The van der Waals surface area contributed by atoms with E-state index in [0.29, 0.717) is 5.02 Å². The molecule has 5 heteroatoms. The molecular weight excluding hydrogens is 407 g/mol. The number of thiophene rings is 1. The van der Waals surface area contributed by atoms with Gasteiger partial charge in [-0.15, -0.1) is 22.9 Å². The molecule has 0 spiro atoms. The molecule has 0 N–H and O–H groups in total. The average Bonchev–Trinajstić information content (AvgIpc) is 2.55. The minimum Gasteiger partial charge on any atom is -0.143 e. The zero-order valence-electron chi connectivity index (χ0n) is 8.81. The lowest BCUT2D eigenvalue weighted by molar-refractivity contribution is 1.17. The molecule has 2 aromatic rings. The average molecular weight is 415 g/mol. The molecule has 1 aromatic carbocycles. The van der Waals surface area contributed by atoms with Crippen molar-refractivity contribution >= 4 is 66.4 Å². The van der Waals surface area contributed by atoms with Gasteiger partial charge in [0, 0.05) is 23.7 Å². The fraction of sp³-hybridized carbons (Fsp3) is 0.167. The van der Waals surface area contributed by atoms with Gasteiger partial charge in [-0.3, -0.25) is 0 Å². The van der Waals surface area contributed by atoms with Gasteiger partial charge < -0.3 is 0 Å². The lowest BCUT2D eigenvalue weighted by Crippen LogP contribution is -1.91. The molecule has 1 aromatic heterocycles. The van der Waals surface area contributed by atoms with Crippen LogP contribution in [0.1, 0.15) is 20.7 Å². The third-order valence-electron chi connectivity index (χ3n) is 2.24. The van der Waals surface area contributed by atoms with Crippen molar-refractivity contribution in [1.82, 2.24) is 0 Å². The molecule has 0 saturated carbocycles. The molecule has 0 amide bonds. The number of rotatable bonds is 2. The molecule has 1 unspecified atom stereocenters. The van der Waals surface area contributed by atoms with Gasteiger partial charge in [0.2, 0.25) is 0 Å². The molecule has 0 nitrogen and oxygen atoms in total. The van der Waals surface area contributed by atoms with Crippen molar-refractivity contribution in [3.63, 3.8) is 0 Å². The number of benzene rings is 1. The van der Waals surface area contributed by atoms with Crippen LogP contribution in [-0.2, 0) is 0 Å². The molecule has 0 radical (unpaired) electrons. The highest BCUT2D eigenvalue weighted by Crippen LogP contribution is 2.40. The summed E-state index contributed by atoms with van der Waals surface area (Å²) in [5.74, 6) is 0. The van der Waals surface area contributed by atoms with Crippen LogP contribution >= 0.6 is 66.4 Å². The Bertz CT molecular complexity index is 531. The van der Waals surface area contributed by atoms with E-state index in [1.807, 2.05) is 18.2 Å². The summed E-state index contributed by atoms with van der Waals surface area (Å²) in [5.41, 5.74) is 0.994. The zero-order chi connectivity index (χ0) is 12.6. The summed E-state index contributed by atoms with van der Waals surface area (Å²) in [5, 5.41) is 0.502. The molecular formula is C12H8Br2Cl2S. The van der Waals surface area contributed by atoms with Gasteiger partial charge in [-0.25, -0.2) is 0 Å². The Morgan fingerprint density at radius 2 is 1.88 bits per heavy atom. The predicted molar refractivity (Wildman–Crippen MR) is 83.6 cm³/mol. The Labute approximate surface area is 131 Å². The van der Waals surface area contributed by atoms with Crippen molar-refractivity contribution in [3.8, 4) is 0 Å². The zero-order valence-corrected chi connectivity index (χ0v) is 14.3. The molecule has 1 atom stereocenters. The molecule has 0 fully saturated rings. The van der Waals surface area contributed by atoms with Crippen LogP contribution in [0.5, 0.6) is 0 Å². The maximum absolute atomic E-state index is 6.50. The van der Waals surface area contributed by atoms with Crippen LogP contribution in [0.3, 0.4) is 0 Å². The van der Waals surface area contributed by atoms with Gasteiger partial charge in [-0.1, -0.05) is 27.5 Å². The smallest absolute Gasteiger partial charge is 0.0940 e. The second-order valence-corrected chi connectivity index (χ2v) is 7.57. The monoisotopic (exact) mass is 412 g/mol. The van der Waals surface area contributed by atoms with Gasteiger partial charge in [-0.05, 0) is 52.7 Å². The van der Waals surface area contributed by atoms with E-state index in [-0.39, 0.29) is 5.38 Å². The van der Waals surface area contributed by atoms with E-state index >= 15 is 0 Å². The molecule has 0 aliphatic heterocycles. The van der Waals surface area contributed by atoms with Crippen LogP contribution in [0.25, 0.3) is 0 Å². The number of halogens is 4. The maximum atomic E-state index is 6.50. The minimum atomic E-state index is -0.182. The van der Waals surface area contributed by atoms with Crippen molar-refractivity contribution in [2.24, 2.45) is 0 Å². The second kappa shape index (κ2) is 5.62. The first-order valence-electron chi connectivity index (χ1n) is 4.83. The van der Waals surface area contributed by atoms with E-state index in [9.17, 15) is 0 Å². The standard InChI is InChI=1S/C12H8Br2Cl2S/c1-6-2-10(14)12(17-6)11(16)7-3-8(13)5-9(15)4-7/h2-5,11H,1H3. The van der Waals surface area contributed by atoms with E-state index in [0.717, 1.165) is 19.4 Å². The summed E-state index contributed by atoms with van der Waals surface area (Å²) in [6.07, 6.45) is 0. The summed E-state index contributed by atoms with van der Waals surface area (Å²) >= 11 is 21.2. The molecule has 90 valence electrons. The minimum absolute atomic E-state index is 0.182. The Morgan fingerprint density at radius 1 is 1.18 bits per heavy atom. The third-order valence-corrected chi connectivity index (χ3v) is 5.55. The predicted octanol–water partition coefficient (Wildman–Crippen LogP) is 6.56. The number of aryl methyl sites for hydroxylation is 1. The van der Waals surface area contributed by atoms with E-state index in [4.69, 9.17) is 23.2 Å². The largest absolute Gasteiger partial charge is 0.143 e. The van der Waals surface area contributed by atoms with Crippen molar-refractivity contribution in [2.75, 3.05) is 0 Å². The molecule has 17 heavy (non-hydrogen) atoms. The lowest BCUT2D eigenvalue weighted by Gasteiger charge is -2.10. The van der Waals surface area contributed by atoms with Crippen LogP contribution in [-0.4, -0.2) is 0 Å². The number of hydrogen-bond donors (Lipinski definition) is 0. The highest BCUT2D eigenvalue weighted by Gasteiger charge is 2.17. The Balaban J connectivity index is 2.43. The first kappa shape index (κ1) is 13.9. The molecule has 0 aliphatic carbocycles. The Hall–Kier alpha value is 0.460. The fourth-order valence-electron chi connectivity index (χ4n) is 1.55. The van der Waals surface area contributed by atoms with Gasteiger partial charge in [0.25, 0.3) is 0 Å². The first-order valence-corrected chi connectivity index (χ1v) is 8.05. The van der Waals surface area contributed by atoms with Crippen LogP contribution in [0.4, 0.5) is 0 Å². The topological polar surface area (TPSA) is 0 Å². The van der Waals surface area contributed by atoms with E-state index in [1.54, 1.807) is 11.3 Å². The van der Waals surface area contributed by atoms with Gasteiger partial charge in [-0.2, -0.15) is 0 Å². The molecule has 0 aliphatic rings. The summed E-state index contributed by atoms with van der Waals surface area (Å²) in [4.78, 5) is 2.34. The molecule has 1 heterocycles. The summed E-state index contributed by atoms with van der Waals surface area (Å²) in [6, 6.07) is 7.81. The quantitative estimate of drug-likeness (QED) is 0.488. The maximum Gasteiger partial charge on any atom is 0.0940 e. The number of hydrogen-bond acceptors (Lipinski definition) is 1. The Kier molecular flexibility index (Phi) is 4.59. The van der Waals surface area contributed by atoms with Crippen molar-refractivity contribution in [3.05, 3.63) is 53.6 Å². The van der Waals surface area contributed by atoms with Crippen molar-refractivity contribution in [2.45, 2.75) is 12.3 Å². The number of alkyl halides is 1. The fourth-order valence-corrected chi connectivity index (χ4v) is 4.83. The third kappa shape index (κ3) is 3.27. The summed E-state index contributed by atoms with van der Waals surface area (Å²) in [6.45, 7) is 2.07. The van der Waals surface area contributed by atoms with Crippen molar-refractivity contribution < 1.29 is 0 Å². The normalized spacial score (nSPS) is 12.8. The highest BCUT2D eigenvalue weighted by atomic mass is 79.9. The highest BCUT2D eigenvalue weighted by molar-refractivity contribution is 9.10. The molecule has 0 bridgehead atoms. The SMILES string of the molecule is Cc1cc(Br)c(C(Cl)c2cc(Cl)cc(Br)c2)s1. The van der Waals surface area contributed by atoms with E-state index < -0.39 is 0 Å². The van der Waals surface area contributed by atoms with Crippen LogP contribution in [0.15, 0.2) is 33.2 Å². The van der Waals surface area contributed by atoms with Crippen molar-refractivity contribution in [1.29, 1.82) is 0 Å². The van der Waals surface area contributed by atoms with Crippen LogP contribution < -0.4 is 0 Å². The van der Waals surface area contributed by atoms with E-state index in [2.05, 4.69) is 44.8 Å². The van der Waals surface area contributed by atoms with Gasteiger partial charge >= 0.3 is 0 Å². The lowest BCUT2D eigenvalue weighted by atomic mass is 10.1. The van der Waals surface area contributed by atoms with Gasteiger partial charge in [0.15, 0.2) is 0 Å². The van der Waals surface area contributed by atoms with Gasteiger partial charge in [0.05, 0.1) is 5.38 Å². The summed E-state index contributed by atoms with van der Waals surface area (Å²) in [7, 11) is 0. The summed E-state index contributed by atoms with van der Waals surface area (Å²) < 4.78 is 1.99. The Morgan fingerprint density at radius 3 is 2.41 bits per heavy atom. The van der Waals surface area contributed by atoms with Gasteiger partial charge in [0.1, 0.15) is 0 Å². The van der Waals surface area contributed by atoms with E-state index in [1.165, 1.54) is 4.88 Å².